The molecule has 4 N–H and O–H groups in total. The van der Waals surface area contributed by atoms with Crippen molar-refractivity contribution in [2.24, 2.45) is 5.73 Å². The minimum absolute atomic E-state index is 0.00572. The third-order valence-electron chi connectivity index (χ3n) is 2.24. The van der Waals surface area contributed by atoms with Gasteiger partial charge in [-0.15, -0.1) is 0 Å². The summed E-state index contributed by atoms with van der Waals surface area (Å²) in [7, 11) is 0. The molecule has 2 aromatic rings. The van der Waals surface area contributed by atoms with Crippen LogP contribution in [0.2, 0.25) is 0 Å². The summed E-state index contributed by atoms with van der Waals surface area (Å²) in [5, 5.41) is 10.00. The number of hydrogen-bond donors (Lipinski definition) is 3. The molecule has 106 valence electrons. The molecule has 2 rings (SSSR count). The number of nitrogens with one attached hydrogen (secondary N) is 2. The average molecular weight is 293 g/mol. The first-order chi connectivity index (χ1) is 9.78. The van der Waals surface area contributed by atoms with Crippen molar-refractivity contribution >= 4 is 23.4 Å². The molecule has 0 spiro atoms. The number of carbonyl (C=O) groups is 1. The highest BCUT2D eigenvalue weighted by molar-refractivity contribution is 7.99. The number of rotatable bonds is 7. The van der Waals surface area contributed by atoms with Gasteiger partial charge in [-0.1, -0.05) is 11.8 Å². The van der Waals surface area contributed by atoms with Crippen LogP contribution in [0.4, 0.5) is 5.69 Å². The second-order valence-corrected chi connectivity index (χ2v) is 4.87. The van der Waals surface area contributed by atoms with Gasteiger partial charge in [-0.3, -0.25) is 9.89 Å². The minimum atomic E-state index is -0.200. The highest BCUT2D eigenvalue weighted by Crippen LogP contribution is 2.25. The summed E-state index contributed by atoms with van der Waals surface area (Å²) in [6.45, 7) is 0.785. The number of aromatic nitrogens is 3. The molecule has 0 aliphatic carbocycles. The molecule has 1 amide bonds. The second-order valence-electron chi connectivity index (χ2n) is 3.81. The van der Waals surface area contributed by atoms with Gasteiger partial charge in [-0.2, -0.15) is 5.10 Å². The van der Waals surface area contributed by atoms with Crippen LogP contribution in [0.3, 0.4) is 0 Å². The van der Waals surface area contributed by atoms with E-state index in [-0.39, 0.29) is 12.5 Å². The van der Waals surface area contributed by atoms with E-state index >= 15 is 0 Å². The molecule has 0 bridgehead atoms. The maximum atomic E-state index is 11.5. The lowest BCUT2D eigenvalue weighted by Gasteiger charge is -2.06. The quantitative estimate of drug-likeness (QED) is 0.654. The maximum absolute atomic E-state index is 11.5. The van der Waals surface area contributed by atoms with Crippen LogP contribution in [0.1, 0.15) is 0 Å². The molecule has 1 aromatic heterocycles. The zero-order chi connectivity index (χ0) is 14.2. The molecule has 7 nitrogen and oxygen atoms in total. The van der Waals surface area contributed by atoms with Crippen molar-refractivity contribution in [1.82, 2.24) is 15.2 Å². The summed E-state index contributed by atoms with van der Waals surface area (Å²) in [5.41, 5.74) is 5.98. The lowest BCUT2D eigenvalue weighted by atomic mass is 10.3. The number of anilines is 1. The van der Waals surface area contributed by atoms with E-state index in [2.05, 4.69) is 20.5 Å². The number of amides is 1. The van der Waals surface area contributed by atoms with Crippen molar-refractivity contribution in [3.8, 4) is 0 Å². The summed E-state index contributed by atoms with van der Waals surface area (Å²) in [6, 6.07) is 7.42. The Hall–Kier alpha value is -1.90. The molecular weight excluding hydrogens is 278 g/mol. The van der Waals surface area contributed by atoms with Crippen molar-refractivity contribution < 1.29 is 9.53 Å². The molecule has 0 radical (unpaired) electrons. The number of H-pyrrole nitrogens is 1. The number of nitrogens with two attached hydrogens (primary N) is 1. The fourth-order valence-electron chi connectivity index (χ4n) is 1.41. The Labute approximate surface area is 120 Å². The molecule has 8 heteroatoms. The fraction of sp³-hybridized carbons (Fsp3) is 0.250. The Bertz CT molecular complexity index is 529. The summed E-state index contributed by atoms with van der Waals surface area (Å²) in [6.07, 6.45) is 1.46. The molecule has 20 heavy (non-hydrogen) atoms. The van der Waals surface area contributed by atoms with Crippen molar-refractivity contribution in [3.05, 3.63) is 30.6 Å². The Morgan fingerprint density at radius 1 is 1.40 bits per heavy atom. The molecular formula is C12H15N5O2S. The third kappa shape index (κ3) is 4.65. The lowest BCUT2D eigenvalue weighted by molar-refractivity contribution is -0.120. The molecule has 0 atom stereocenters. The van der Waals surface area contributed by atoms with E-state index in [1.807, 2.05) is 24.3 Å². The highest BCUT2D eigenvalue weighted by Gasteiger charge is 2.03. The van der Waals surface area contributed by atoms with Crippen molar-refractivity contribution in [1.29, 1.82) is 0 Å². The number of benzene rings is 1. The largest absolute Gasteiger partial charge is 0.370 e. The molecule has 0 fully saturated rings. The van der Waals surface area contributed by atoms with Gasteiger partial charge in [0.1, 0.15) is 12.9 Å². The normalized spacial score (nSPS) is 10.4. The Kier molecular flexibility index (Phi) is 5.54. The Balaban J connectivity index is 1.83. The highest BCUT2D eigenvalue weighted by atomic mass is 32.2. The topological polar surface area (TPSA) is 106 Å². The minimum Gasteiger partial charge on any atom is -0.370 e. The van der Waals surface area contributed by atoms with Gasteiger partial charge in [-0.05, 0) is 24.3 Å². The van der Waals surface area contributed by atoms with Gasteiger partial charge >= 0.3 is 0 Å². The maximum Gasteiger partial charge on any atom is 0.250 e. The van der Waals surface area contributed by atoms with E-state index < -0.39 is 0 Å². The number of nitrogens with zero attached hydrogens (tertiary/aromatic N) is 2. The molecule has 1 aromatic carbocycles. The van der Waals surface area contributed by atoms with Crippen LogP contribution in [0.25, 0.3) is 0 Å². The first-order valence-electron chi connectivity index (χ1n) is 5.99. The number of carbonyl (C=O) groups excluding carboxylic acids is 1. The zero-order valence-corrected chi connectivity index (χ0v) is 11.5. The summed E-state index contributed by atoms with van der Waals surface area (Å²) in [5.74, 6) is -0.200. The van der Waals surface area contributed by atoms with Crippen LogP contribution in [0.5, 0.6) is 0 Å². The average Bonchev–Trinajstić information content (AvgIpc) is 2.94. The van der Waals surface area contributed by atoms with Gasteiger partial charge < -0.3 is 15.8 Å². The smallest absolute Gasteiger partial charge is 0.250 e. The van der Waals surface area contributed by atoms with Gasteiger partial charge in [0.2, 0.25) is 5.91 Å². The van der Waals surface area contributed by atoms with Crippen LogP contribution in [-0.2, 0) is 9.53 Å². The third-order valence-corrected chi connectivity index (χ3v) is 3.14. The van der Waals surface area contributed by atoms with Crippen LogP contribution >= 0.6 is 11.8 Å². The van der Waals surface area contributed by atoms with E-state index in [9.17, 15) is 4.79 Å². The van der Waals surface area contributed by atoms with E-state index in [4.69, 9.17) is 10.5 Å². The van der Waals surface area contributed by atoms with E-state index in [1.54, 1.807) is 0 Å². The molecule has 1 heterocycles. The number of ether oxygens (including phenoxy) is 1. The van der Waals surface area contributed by atoms with Gasteiger partial charge in [-0.25, -0.2) is 4.98 Å². The molecule has 0 aliphatic rings. The van der Waals surface area contributed by atoms with Gasteiger partial charge in [0.25, 0.3) is 0 Å². The van der Waals surface area contributed by atoms with Crippen LogP contribution in [-0.4, -0.2) is 40.8 Å². The van der Waals surface area contributed by atoms with E-state index in [1.165, 1.54) is 18.1 Å². The summed E-state index contributed by atoms with van der Waals surface area (Å²) in [4.78, 5) is 16.5. The van der Waals surface area contributed by atoms with E-state index in [0.717, 1.165) is 10.1 Å². The fourth-order valence-corrected chi connectivity index (χ4v) is 2.10. The van der Waals surface area contributed by atoms with Gasteiger partial charge in [0.05, 0.1) is 6.61 Å². The van der Waals surface area contributed by atoms with Gasteiger partial charge in [0, 0.05) is 17.1 Å². The molecule has 0 unspecified atom stereocenters. The monoisotopic (exact) mass is 293 g/mol. The SMILES string of the molecule is NCCOCC(=O)Nc1ccc(Sc2ncn[nH]2)cc1. The van der Waals surface area contributed by atoms with Crippen LogP contribution < -0.4 is 11.1 Å². The molecule has 0 aliphatic heterocycles. The van der Waals surface area contributed by atoms with Crippen LogP contribution in [0.15, 0.2) is 40.6 Å². The predicted octanol–water partition coefficient (Wildman–Crippen LogP) is 0.870. The second kappa shape index (κ2) is 7.63. The van der Waals surface area contributed by atoms with Crippen molar-refractivity contribution in [3.63, 3.8) is 0 Å². The van der Waals surface area contributed by atoms with Gasteiger partial charge in [0.15, 0.2) is 5.16 Å². The van der Waals surface area contributed by atoms with Crippen molar-refractivity contribution in [2.45, 2.75) is 10.1 Å². The number of aromatic amines is 1. The molecule has 0 saturated carbocycles. The predicted molar refractivity (Wildman–Crippen MR) is 75.5 cm³/mol. The Morgan fingerprint density at radius 2 is 2.20 bits per heavy atom. The number of hydrogen-bond acceptors (Lipinski definition) is 6. The van der Waals surface area contributed by atoms with E-state index in [0.29, 0.717) is 18.8 Å². The zero-order valence-electron chi connectivity index (χ0n) is 10.7. The van der Waals surface area contributed by atoms with Crippen molar-refractivity contribution in [2.75, 3.05) is 25.1 Å². The summed E-state index contributed by atoms with van der Waals surface area (Å²) < 4.78 is 5.05. The lowest BCUT2D eigenvalue weighted by Crippen LogP contribution is -2.20. The molecule has 0 saturated heterocycles. The standard InChI is InChI=1S/C12H15N5O2S/c13-5-6-19-7-11(18)16-9-1-3-10(4-2-9)20-12-14-8-15-17-12/h1-4,8H,5-7,13H2,(H,16,18)(H,14,15,17). The summed E-state index contributed by atoms with van der Waals surface area (Å²) >= 11 is 1.46. The first-order valence-corrected chi connectivity index (χ1v) is 6.80. The van der Waals surface area contributed by atoms with Crippen LogP contribution in [0, 0.1) is 0 Å². The first kappa shape index (κ1) is 14.5. The Morgan fingerprint density at radius 3 is 2.85 bits per heavy atom.